The van der Waals surface area contributed by atoms with Gasteiger partial charge in [0, 0.05) is 13.5 Å². The van der Waals surface area contributed by atoms with Crippen molar-refractivity contribution in [1.82, 2.24) is 4.90 Å². The van der Waals surface area contributed by atoms with Gasteiger partial charge in [0.15, 0.2) is 12.3 Å². The van der Waals surface area contributed by atoms with E-state index < -0.39 is 0 Å². The fourth-order valence-corrected chi connectivity index (χ4v) is 1.86. The maximum atomic E-state index is 10.8. The molecule has 2 unspecified atom stereocenters. The average molecular weight is 195 g/mol. The van der Waals surface area contributed by atoms with Crippen molar-refractivity contribution in [1.29, 1.82) is 0 Å². The predicted octanol–water partition coefficient (Wildman–Crippen LogP) is -0.0181. The Morgan fingerprint density at radius 1 is 1.71 bits per heavy atom. The summed E-state index contributed by atoms with van der Waals surface area (Å²) >= 11 is 0. The molecule has 0 aromatic rings. The lowest BCUT2D eigenvalue weighted by Gasteiger charge is -2.35. The van der Waals surface area contributed by atoms with Crippen LogP contribution in [0.25, 0.3) is 0 Å². The predicted molar refractivity (Wildman–Crippen MR) is 49.2 cm³/mol. The molecular weight excluding hydrogens is 182 g/mol. The molecule has 3 saturated heterocycles. The first-order chi connectivity index (χ1) is 6.72. The molecule has 0 aromatic carbocycles. The van der Waals surface area contributed by atoms with E-state index in [1.54, 1.807) is 0 Å². The Morgan fingerprint density at radius 2 is 2.50 bits per heavy atom. The van der Waals surface area contributed by atoms with Crippen LogP contribution in [0.2, 0.25) is 0 Å². The summed E-state index contributed by atoms with van der Waals surface area (Å²) in [6.07, 6.45) is -0.0848. The Hall–Kier alpha value is -1.05. The summed E-state index contributed by atoms with van der Waals surface area (Å²) in [5.74, 6) is 5.57. The molecule has 0 aliphatic carbocycles. The van der Waals surface area contributed by atoms with Gasteiger partial charge < -0.3 is 9.47 Å². The zero-order chi connectivity index (χ0) is 10.1. The van der Waals surface area contributed by atoms with Crippen molar-refractivity contribution in [3.8, 4) is 11.8 Å². The van der Waals surface area contributed by atoms with Gasteiger partial charge in [-0.25, -0.2) is 0 Å². The third kappa shape index (κ3) is 1.49. The Labute approximate surface area is 83.2 Å². The molecule has 3 aliphatic heterocycles. The number of fused-ring (bicyclic) bond motifs is 1. The molecule has 0 saturated carbocycles. The van der Waals surface area contributed by atoms with Crippen LogP contribution in [0.1, 0.15) is 13.8 Å². The van der Waals surface area contributed by atoms with E-state index in [0.29, 0.717) is 6.54 Å². The number of ether oxygens (including phenoxy) is 2. The van der Waals surface area contributed by atoms with Gasteiger partial charge in [-0.15, -0.1) is 5.92 Å². The molecule has 0 radical (unpaired) electrons. The van der Waals surface area contributed by atoms with Crippen LogP contribution in [-0.4, -0.2) is 42.4 Å². The molecule has 76 valence electrons. The van der Waals surface area contributed by atoms with E-state index in [1.807, 2.05) is 6.92 Å². The van der Waals surface area contributed by atoms with E-state index in [0.717, 1.165) is 6.54 Å². The lowest BCUT2D eigenvalue weighted by molar-refractivity contribution is -0.219. The SMILES string of the molecule is CC#CCN1CC2OC1[C@H]2OC(C)=O. The number of rotatable bonds is 2. The number of carbonyl (C=O) groups is 1. The van der Waals surface area contributed by atoms with Gasteiger partial charge in [0.1, 0.15) is 6.10 Å². The first-order valence-electron chi connectivity index (χ1n) is 4.68. The molecule has 4 heteroatoms. The second-order valence-electron chi connectivity index (χ2n) is 3.50. The Balaban J connectivity index is 1.89. The molecule has 0 amide bonds. The van der Waals surface area contributed by atoms with Crippen LogP contribution >= 0.6 is 0 Å². The second kappa shape index (κ2) is 3.60. The first kappa shape index (κ1) is 9.50. The fraction of sp³-hybridized carbons (Fsp3) is 0.700. The van der Waals surface area contributed by atoms with E-state index in [4.69, 9.17) is 9.47 Å². The largest absolute Gasteiger partial charge is 0.455 e. The van der Waals surface area contributed by atoms with Crippen LogP contribution in [0.4, 0.5) is 0 Å². The third-order valence-corrected chi connectivity index (χ3v) is 2.50. The molecule has 3 aliphatic rings. The molecule has 3 heterocycles. The van der Waals surface area contributed by atoms with Crippen molar-refractivity contribution in [2.45, 2.75) is 32.3 Å². The first-order valence-corrected chi connectivity index (χ1v) is 4.68. The summed E-state index contributed by atoms with van der Waals surface area (Å²) in [5.41, 5.74) is 0. The highest BCUT2D eigenvalue weighted by atomic mass is 16.6. The smallest absolute Gasteiger partial charge is 0.303 e. The van der Waals surface area contributed by atoms with E-state index in [9.17, 15) is 4.79 Å². The van der Waals surface area contributed by atoms with Crippen LogP contribution in [0, 0.1) is 11.8 Å². The number of hydrogen-bond acceptors (Lipinski definition) is 4. The summed E-state index contributed by atoms with van der Waals surface area (Å²) in [5, 5.41) is 0. The minimum atomic E-state index is -0.239. The Bertz CT molecular complexity index is 304. The third-order valence-electron chi connectivity index (χ3n) is 2.50. The highest BCUT2D eigenvalue weighted by Crippen LogP contribution is 2.35. The quantitative estimate of drug-likeness (QED) is 0.458. The summed E-state index contributed by atoms with van der Waals surface area (Å²) in [4.78, 5) is 12.9. The number of hydrogen-bond donors (Lipinski definition) is 0. The van der Waals surface area contributed by atoms with Crippen molar-refractivity contribution < 1.29 is 14.3 Å². The van der Waals surface area contributed by atoms with Crippen molar-refractivity contribution in [3.63, 3.8) is 0 Å². The van der Waals surface area contributed by atoms with E-state index in [2.05, 4.69) is 16.7 Å². The summed E-state index contributed by atoms with van der Waals surface area (Å²) in [6, 6.07) is 0. The molecular formula is C10H13NO3. The molecule has 0 aromatic heterocycles. The van der Waals surface area contributed by atoms with Gasteiger partial charge in [0.2, 0.25) is 0 Å². The lowest BCUT2D eigenvalue weighted by atomic mass is 10.1. The number of esters is 1. The molecule has 3 rings (SSSR count). The molecule has 0 N–H and O–H groups in total. The van der Waals surface area contributed by atoms with Gasteiger partial charge in [-0.1, -0.05) is 5.92 Å². The van der Waals surface area contributed by atoms with Crippen LogP contribution < -0.4 is 0 Å². The van der Waals surface area contributed by atoms with Crippen LogP contribution in [0.15, 0.2) is 0 Å². The number of nitrogens with zero attached hydrogens (tertiary/aromatic N) is 1. The topological polar surface area (TPSA) is 38.8 Å². The van der Waals surface area contributed by atoms with Gasteiger partial charge in [-0.2, -0.15) is 0 Å². The monoisotopic (exact) mass is 195 g/mol. The highest BCUT2D eigenvalue weighted by molar-refractivity contribution is 5.66. The Kier molecular flexibility index (Phi) is 2.44. The zero-order valence-electron chi connectivity index (χ0n) is 8.32. The second-order valence-corrected chi connectivity index (χ2v) is 3.50. The van der Waals surface area contributed by atoms with E-state index in [-0.39, 0.29) is 24.4 Å². The van der Waals surface area contributed by atoms with E-state index in [1.165, 1.54) is 6.92 Å². The van der Waals surface area contributed by atoms with E-state index >= 15 is 0 Å². The maximum Gasteiger partial charge on any atom is 0.303 e. The van der Waals surface area contributed by atoms with Crippen LogP contribution in [0.5, 0.6) is 0 Å². The van der Waals surface area contributed by atoms with Crippen molar-refractivity contribution in [2.75, 3.05) is 13.1 Å². The minimum absolute atomic E-state index is 0.0579. The molecule has 2 bridgehead atoms. The van der Waals surface area contributed by atoms with Gasteiger partial charge in [-0.05, 0) is 6.92 Å². The Morgan fingerprint density at radius 3 is 3.14 bits per heavy atom. The normalized spacial score (nSPS) is 34.3. The number of carbonyl (C=O) groups excluding carboxylic acids is 1. The average Bonchev–Trinajstić information content (AvgIpc) is 2.67. The maximum absolute atomic E-state index is 10.8. The zero-order valence-corrected chi connectivity index (χ0v) is 8.32. The van der Waals surface area contributed by atoms with Crippen molar-refractivity contribution in [3.05, 3.63) is 0 Å². The van der Waals surface area contributed by atoms with Crippen molar-refractivity contribution in [2.24, 2.45) is 0 Å². The summed E-state index contributed by atoms with van der Waals surface area (Å²) in [7, 11) is 0. The minimum Gasteiger partial charge on any atom is -0.455 e. The molecule has 14 heavy (non-hydrogen) atoms. The summed E-state index contributed by atoms with van der Waals surface area (Å²) in [6.45, 7) is 4.74. The van der Waals surface area contributed by atoms with Crippen LogP contribution in [0.3, 0.4) is 0 Å². The molecule has 3 atom stereocenters. The fourth-order valence-electron chi connectivity index (χ4n) is 1.86. The molecule has 0 spiro atoms. The molecule has 3 fully saturated rings. The lowest BCUT2D eigenvalue weighted by Crippen LogP contribution is -2.51. The molecule has 4 nitrogen and oxygen atoms in total. The van der Waals surface area contributed by atoms with Gasteiger partial charge >= 0.3 is 5.97 Å². The van der Waals surface area contributed by atoms with Gasteiger partial charge in [0.05, 0.1) is 6.54 Å². The van der Waals surface area contributed by atoms with Crippen LogP contribution in [-0.2, 0) is 14.3 Å². The van der Waals surface area contributed by atoms with Crippen molar-refractivity contribution >= 4 is 5.97 Å². The van der Waals surface area contributed by atoms with Gasteiger partial charge in [0.25, 0.3) is 0 Å². The summed E-state index contributed by atoms with van der Waals surface area (Å²) < 4.78 is 10.6. The van der Waals surface area contributed by atoms with Gasteiger partial charge in [-0.3, -0.25) is 9.69 Å². The highest BCUT2D eigenvalue weighted by Gasteiger charge is 2.55. The standard InChI is InChI=1S/C10H13NO3/c1-3-4-5-11-6-8-9(10(11)14-8)13-7(2)12/h8-10H,5-6H2,1-2H3/t8?,9-,10?/m0/s1.